The molecule has 1 unspecified atom stereocenters. The van der Waals surface area contributed by atoms with Crippen molar-refractivity contribution in [3.63, 3.8) is 0 Å². The number of benzene rings is 1. The quantitative estimate of drug-likeness (QED) is 0.792. The van der Waals surface area contributed by atoms with Crippen LogP contribution in [0.15, 0.2) is 35.7 Å². The molecule has 1 heterocycles. The molecule has 0 aliphatic rings. The number of carboxylic acid groups (broad SMARTS) is 1. The fourth-order valence-electron chi connectivity index (χ4n) is 1.93. The largest absolute Gasteiger partial charge is 0.497 e. The second-order valence-electron chi connectivity index (χ2n) is 4.77. The van der Waals surface area contributed by atoms with Crippen molar-refractivity contribution in [3.8, 4) is 5.75 Å². The van der Waals surface area contributed by atoms with Crippen molar-refractivity contribution in [1.82, 2.24) is 5.32 Å². The number of ketones is 1. The molecule has 0 fully saturated rings. The van der Waals surface area contributed by atoms with Crippen LogP contribution in [0.1, 0.15) is 38.6 Å². The van der Waals surface area contributed by atoms with E-state index in [9.17, 15) is 19.5 Å². The van der Waals surface area contributed by atoms with E-state index in [-0.39, 0.29) is 10.7 Å². The summed E-state index contributed by atoms with van der Waals surface area (Å²) in [6.07, 6.45) is 0. The van der Waals surface area contributed by atoms with Gasteiger partial charge in [-0.15, -0.1) is 11.3 Å². The molecule has 23 heavy (non-hydrogen) atoms. The van der Waals surface area contributed by atoms with E-state index < -0.39 is 17.9 Å². The summed E-state index contributed by atoms with van der Waals surface area (Å²) in [6, 6.07) is 6.67. The number of aliphatic carboxylic acids is 1. The molecule has 0 aliphatic carbocycles. The highest BCUT2D eigenvalue weighted by molar-refractivity contribution is 7.12. The summed E-state index contributed by atoms with van der Waals surface area (Å²) >= 11 is 1.10. The molecule has 0 aliphatic heterocycles. The summed E-state index contributed by atoms with van der Waals surface area (Å²) < 4.78 is 5.02. The highest BCUT2D eigenvalue weighted by Crippen LogP contribution is 2.20. The molecule has 1 aromatic carbocycles. The Labute approximate surface area is 136 Å². The minimum absolute atomic E-state index is 0.148. The summed E-state index contributed by atoms with van der Waals surface area (Å²) in [5.74, 6) is -1.27. The Morgan fingerprint density at radius 2 is 1.87 bits per heavy atom. The fourth-order valence-corrected chi connectivity index (χ4v) is 2.78. The number of carbonyl (C=O) groups excluding carboxylic acids is 2. The first kappa shape index (κ1) is 16.7. The molecule has 0 radical (unpaired) electrons. The standard InChI is InChI=1S/C16H15NO5S/c1-9(18)11-7-13(23-8-11)15(19)17-14(16(20)21)10-3-5-12(22-2)6-4-10/h3-8,14H,1-2H3,(H,17,19)(H,20,21). The Morgan fingerprint density at radius 1 is 1.22 bits per heavy atom. The van der Waals surface area contributed by atoms with Gasteiger partial charge in [0.2, 0.25) is 0 Å². The first-order chi connectivity index (χ1) is 10.9. The van der Waals surface area contributed by atoms with Crippen LogP contribution in [0.3, 0.4) is 0 Å². The zero-order chi connectivity index (χ0) is 17.0. The van der Waals surface area contributed by atoms with Gasteiger partial charge in [0.25, 0.3) is 5.91 Å². The van der Waals surface area contributed by atoms with Crippen LogP contribution in [0, 0.1) is 0 Å². The van der Waals surface area contributed by atoms with Gasteiger partial charge in [-0.3, -0.25) is 9.59 Å². The number of hydrogen-bond acceptors (Lipinski definition) is 5. The average Bonchev–Trinajstić information content (AvgIpc) is 3.02. The minimum Gasteiger partial charge on any atom is -0.497 e. The molecule has 2 N–H and O–H groups in total. The Balaban J connectivity index is 2.19. The molecule has 1 aromatic heterocycles. The smallest absolute Gasteiger partial charge is 0.330 e. The van der Waals surface area contributed by atoms with Gasteiger partial charge < -0.3 is 15.2 Å². The Hall–Kier alpha value is -2.67. The lowest BCUT2D eigenvalue weighted by atomic mass is 10.1. The van der Waals surface area contributed by atoms with Crippen molar-refractivity contribution in [3.05, 3.63) is 51.7 Å². The molecule has 120 valence electrons. The molecular formula is C16H15NO5S. The lowest BCUT2D eigenvalue weighted by Crippen LogP contribution is -2.33. The van der Waals surface area contributed by atoms with E-state index in [2.05, 4.69) is 5.32 Å². The van der Waals surface area contributed by atoms with Crippen LogP contribution < -0.4 is 10.1 Å². The zero-order valence-electron chi connectivity index (χ0n) is 12.5. The predicted octanol–water partition coefficient (Wildman–Crippen LogP) is 2.52. The molecule has 0 saturated carbocycles. The topological polar surface area (TPSA) is 92.7 Å². The van der Waals surface area contributed by atoms with Crippen LogP contribution in [-0.2, 0) is 4.79 Å². The van der Waals surface area contributed by atoms with E-state index in [1.54, 1.807) is 29.6 Å². The van der Waals surface area contributed by atoms with E-state index >= 15 is 0 Å². The number of hydrogen-bond donors (Lipinski definition) is 2. The maximum Gasteiger partial charge on any atom is 0.330 e. The van der Waals surface area contributed by atoms with Crippen molar-refractivity contribution < 1.29 is 24.2 Å². The van der Waals surface area contributed by atoms with Gasteiger partial charge in [0.05, 0.1) is 12.0 Å². The summed E-state index contributed by atoms with van der Waals surface area (Å²) in [6.45, 7) is 1.40. The molecule has 7 heteroatoms. The summed E-state index contributed by atoms with van der Waals surface area (Å²) in [5, 5.41) is 13.4. The van der Waals surface area contributed by atoms with Crippen LogP contribution in [0.2, 0.25) is 0 Å². The number of ether oxygens (including phenoxy) is 1. The number of rotatable bonds is 6. The number of amides is 1. The second-order valence-corrected chi connectivity index (χ2v) is 5.68. The molecule has 6 nitrogen and oxygen atoms in total. The fraction of sp³-hybridized carbons (Fsp3) is 0.188. The van der Waals surface area contributed by atoms with Gasteiger partial charge in [-0.25, -0.2) is 4.79 Å². The number of methoxy groups -OCH3 is 1. The van der Waals surface area contributed by atoms with Gasteiger partial charge in [0.1, 0.15) is 5.75 Å². The van der Waals surface area contributed by atoms with Gasteiger partial charge in [-0.2, -0.15) is 0 Å². The van der Waals surface area contributed by atoms with Crippen molar-refractivity contribution in [2.45, 2.75) is 13.0 Å². The number of carbonyl (C=O) groups is 3. The van der Waals surface area contributed by atoms with E-state index in [1.807, 2.05) is 0 Å². The van der Waals surface area contributed by atoms with Gasteiger partial charge in [-0.05, 0) is 30.7 Å². The first-order valence-electron chi connectivity index (χ1n) is 6.69. The highest BCUT2D eigenvalue weighted by Gasteiger charge is 2.23. The normalized spacial score (nSPS) is 11.6. The summed E-state index contributed by atoms with van der Waals surface area (Å²) in [5.41, 5.74) is 0.853. The van der Waals surface area contributed by atoms with Gasteiger partial charge in [-0.1, -0.05) is 12.1 Å². The van der Waals surface area contributed by atoms with Crippen molar-refractivity contribution in [2.75, 3.05) is 7.11 Å². The van der Waals surface area contributed by atoms with E-state index in [0.29, 0.717) is 16.9 Å². The van der Waals surface area contributed by atoms with Crippen LogP contribution >= 0.6 is 11.3 Å². The Bertz CT molecular complexity index is 735. The maximum absolute atomic E-state index is 12.2. The van der Waals surface area contributed by atoms with Crippen molar-refractivity contribution in [1.29, 1.82) is 0 Å². The number of carboxylic acids is 1. The van der Waals surface area contributed by atoms with Gasteiger partial charge >= 0.3 is 5.97 Å². The second kappa shape index (κ2) is 7.06. The monoisotopic (exact) mass is 333 g/mol. The third kappa shape index (κ3) is 3.95. The Kier molecular flexibility index (Phi) is 5.13. The highest BCUT2D eigenvalue weighted by atomic mass is 32.1. The van der Waals surface area contributed by atoms with E-state index in [0.717, 1.165) is 11.3 Å². The van der Waals surface area contributed by atoms with Gasteiger partial charge in [0.15, 0.2) is 11.8 Å². The molecule has 0 spiro atoms. The molecule has 2 aromatic rings. The summed E-state index contributed by atoms with van der Waals surface area (Å²) in [7, 11) is 1.51. The minimum atomic E-state index is -1.18. The van der Waals surface area contributed by atoms with E-state index in [1.165, 1.54) is 20.1 Å². The number of Topliss-reactive ketones (excluding diaryl/α,β-unsaturated/α-hetero) is 1. The molecule has 0 bridgehead atoms. The van der Waals surface area contributed by atoms with E-state index in [4.69, 9.17) is 4.74 Å². The van der Waals surface area contributed by atoms with Crippen LogP contribution in [-0.4, -0.2) is 29.9 Å². The third-order valence-corrected chi connectivity index (χ3v) is 4.13. The first-order valence-corrected chi connectivity index (χ1v) is 7.57. The molecule has 0 saturated heterocycles. The maximum atomic E-state index is 12.2. The Morgan fingerprint density at radius 3 is 2.35 bits per heavy atom. The number of nitrogens with one attached hydrogen (secondary N) is 1. The van der Waals surface area contributed by atoms with Crippen LogP contribution in [0.25, 0.3) is 0 Å². The summed E-state index contributed by atoms with van der Waals surface area (Å²) in [4.78, 5) is 35.2. The van der Waals surface area contributed by atoms with Crippen molar-refractivity contribution >= 4 is 29.0 Å². The lowest BCUT2D eigenvalue weighted by Gasteiger charge is -2.14. The molecular weight excluding hydrogens is 318 g/mol. The third-order valence-electron chi connectivity index (χ3n) is 3.20. The molecule has 1 amide bonds. The molecule has 2 rings (SSSR count). The van der Waals surface area contributed by atoms with Crippen molar-refractivity contribution in [2.24, 2.45) is 0 Å². The SMILES string of the molecule is COc1ccc(C(NC(=O)c2cc(C(C)=O)cs2)C(=O)O)cc1. The van der Waals surface area contributed by atoms with Crippen LogP contribution in [0.5, 0.6) is 5.75 Å². The number of thiophene rings is 1. The predicted molar refractivity (Wildman–Crippen MR) is 85.2 cm³/mol. The van der Waals surface area contributed by atoms with Crippen LogP contribution in [0.4, 0.5) is 0 Å². The zero-order valence-corrected chi connectivity index (χ0v) is 13.3. The lowest BCUT2D eigenvalue weighted by molar-refractivity contribution is -0.139. The average molecular weight is 333 g/mol. The van der Waals surface area contributed by atoms with Gasteiger partial charge in [0, 0.05) is 10.9 Å². The molecule has 1 atom stereocenters.